The van der Waals surface area contributed by atoms with Gasteiger partial charge in [-0.15, -0.1) is 0 Å². The first kappa shape index (κ1) is 27.0. The third-order valence-corrected chi connectivity index (χ3v) is 6.06. The third kappa shape index (κ3) is 6.09. The number of pyridine rings is 1. The third-order valence-electron chi connectivity index (χ3n) is 6.06. The number of carbonyl (C=O) groups is 3. The second-order valence-electron chi connectivity index (χ2n) is 8.51. The van der Waals surface area contributed by atoms with Crippen molar-refractivity contribution >= 4 is 29.3 Å². The average molecular weight is 533 g/mol. The minimum Gasteiger partial charge on any atom is -0.493 e. The number of imidazole rings is 1. The number of rotatable bonds is 11. The Hall–Kier alpha value is -5.06. The van der Waals surface area contributed by atoms with E-state index in [9.17, 15) is 19.5 Å². The highest BCUT2D eigenvalue weighted by Gasteiger charge is 2.23. The van der Waals surface area contributed by atoms with Crippen molar-refractivity contribution in [1.82, 2.24) is 14.7 Å². The fourth-order valence-corrected chi connectivity index (χ4v) is 4.06. The number of carbonyl (C=O) groups excluding carboxylic acids is 2. The lowest BCUT2D eigenvalue weighted by Crippen LogP contribution is -2.42. The summed E-state index contributed by atoms with van der Waals surface area (Å²) in [6.07, 6.45) is 1.76. The molecule has 2 aromatic carbocycles. The number of hydrogen-bond acceptors (Lipinski definition) is 8. The molecule has 11 nitrogen and oxygen atoms in total. The molecular weight excluding hydrogens is 504 g/mol. The normalized spacial score (nSPS) is 11.5. The van der Waals surface area contributed by atoms with Crippen molar-refractivity contribution < 1.29 is 33.7 Å². The van der Waals surface area contributed by atoms with Crippen LogP contribution < -0.4 is 20.1 Å². The lowest BCUT2D eigenvalue weighted by Gasteiger charge is -2.15. The van der Waals surface area contributed by atoms with Crippen molar-refractivity contribution in [1.29, 1.82) is 0 Å². The fourth-order valence-electron chi connectivity index (χ4n) is 4.06. The van der Waals surface area contributed by atoms with Gasteiger partial charge in [-0.3, -0.25) is 14.0 Å². The minimum atomic E-state index is -1.14. The first-order valence-corrected chi connectivity index (χ1v) is 12.0. The van der Waals surface area contributed by atoms with Crippen molar-refractivity contribution in [2.45, 2.75) is 12.5 Å². The molecule has 4 aromatic rings. The van der Waals surface area contributed by atoms with Gasteiger partial charge in [0.2, 0.25) is 0 Å². The summed E-state index contributed by atoms with van der Waals surface area (Å²) in [5.74, 6) is -0.653. The van der Waals surface area contributed by atoms with Crippen LogP contribution in [0.2, 0.25) is 0 Å². The van der Waals surface area contributed by atoms with E-state index in [4.69, 9.17) is 19.2 Å². The maximum atomic E-state index is 13.0. The predicted octanol–water partition coefficient (Wildman–Crippen LogP) is 3.03. The fraction of sp³-hybridized carbons (Fsp3) is 0.214. The lowest BCUT2D eigenvalue weighted by atomic mass is 10.1. The molecule has 2 aromatic heterocycles. The number of amides is 1. The Morgan fingerprint density at radius 3 is 2.38 bits per heavy atom. The number of hydrogen-bond donors (Lipinski definition) is 3. The summed E-state index contributed by atoms with van der Waals surface area (Å²) in [5, 5.41) is 15.3. The molecule has 0 bridgehead atoms. The number of aromatic nitrogens is 2. The van der Waals surface area contributed by atoms with Gasteiger partial charge < -0.3 is 30.0 Å². The van der Waals surface area contributed by atoms with E-state index in [0.29, 0.717) is 34.2 Å². The molecule has 1 atom stereocenters. The Bertz CT molecular complexity index is 1500. The summed E-state index contributed by atoms with van der Waals surface area (Å²) in [6, 6.07) is 16.3. The maximum absolute atomic E-state index is 13.0. The van der Waals surface area contributed by atoms with Gasteiger partial charge in [0.25, 0.3) is 5.91 Å². The van der Waals surface area contributed by atoms with Crippen LogP contribution in [0, 0.1) is 0 Å². The van der Waals surface area contributed by atoms with Gasteiger partial charge in [-0.05, 0) is 35.9 Å². The highest BCUT2D eigenvalue weighted by Crippen LogP contribution is 2.35. The minimum absolute atomic E-state index is 0.118. The number of ether oxygens (including phenoxy) is 3. The van der Waals surface area contributed by atoms with Crippen LogP contribution in [0.15, 0.2) is 66.9 Å². The second kappa shape index (κ2) is 12.0. The highest BCUT2D eigenvalue weighted by atomic mass is 16.5. The molecule has 11 heteroatoms. The number of benzene rings is 2. The quantitative estimate of drug-likeness (QED) is 0.249. The summed E-state index contributed by atoms with van der Waals surface area (Å²) in [6.45, 7) is -0.118. The second-order valence-corrected chi connectivity index (χ2v) is 8.51. The SMILES string of the molecule is COC(=O)CNc1c(-c2ccc(OC)c(OC)c2)nc2cc(C(=O)NC(Cc3ccccc3)C(=O)O)ccn12. The zero-order valence-corrected chi connectivity index (χ0v) is 21.6. The Balaban J connectivity index is 1.69. The van der Waals surface area contributed by atoms with Crippen molar-refractivity contribution in [3.63, 3.8) is 0 Å². The number of fused-ring (bicyclic) bond motifs is 1. The average Bonchev–Trinajstić information content (AvgIpc) is 3.33. The topological polar surface area (TPSA) is 140 Å². The first-order valence-electron chi connectivity index (χ1n) is 12.0. The van der Waals surface area contributed by atoms with Crippen LogP contribution in [0.25, 0.3) is 16.9 Å². The van der Waals surface area contributed by atoms with Crippen LogP contribution >= 0.6 is 0 Å². The summed E-state index contributed by atoms with van der Waals surface area (Å²) in [7, 11) is 4.35. The number of esters is 1. The Kier molecular flexibility index (Phi) is 8.30. The molecule has 0 radical (unpaired) electrons. The number of carboxylic acids is 1. The van der Waals surface area contributed by atoms with Gasteiger partial charge in [-0.25, -0.2) is 9.78 Å². The van der Waals surface area contributed by atoms with Crippen molar-refractivity contribution in [2.24, 2.45) is 0 Å². The van der Waals surface area contributed by atoms with E-state index >= 15 is 0 Å². The molecule has 1 amide bonds. The summed E-state index contributed by atoms with van der Waals surface area (Å²) < 4.78 is 17.2. The van der Waals surface area contributed by atoms with E-state index in [1.54, 1.807) is 53.1 Å². The van der Waals surface area contributed by atoms with E-state index < -0.39 is 23.9 Å². The van der Waals surface area contributed by atoms with Crippen LogP contribution in [-0.2, 0) is 20.7 Å². The molecule has 4 rings (SSSR count). The van der Waals surface area contributed by atoms with Gasteiger partial charge in [0.15, 0.2) is 11.5 Å². The number of nitrogens with zero attached hydrogens (tertiary/aromatic N) is 2. The maximum Gasteiger partial charge on any atom is 0.326 e. The largest absolute Gasteiger partial charge is 0.493 e. The monoisotopic (exact) mass is 532 g/mol. The van der Waals surface area contributed by atoms with E-state index in [1.807, 2.05) is 18.2 Å². The molecule has 39 heavy (non-hydrogen) atoms. The molecule has 0 aliphatic rings. The van der Waals surface area contributed by atoms with Crippen LogP contribution in [0.3, 0.4) is 0 Å². The zero-order chi connectivity index (χ0) is 27.9. The number of carboxylic acid groups (broad SMARTS) is 1. The number of aliphatic carboxylic acids is 1. The van der Waals surface area contributed by atoms with E-state index in [2.05, 4.69) is 10.6 Å². The molecule has 0 aliphatic carbocycles. The Labute approximate surface area is 224 Å². The molecule has 3 N–H and O–H groups in total. The molecule has 0 aliphatic heterocycles. The smallest absolute Gasteiger partial charge is 0.326 e. The molecule has 1 unspecified atom stereocenters. The van der Waals surface area contributed by atoms with Crippen molar-refractivity contribution in [2.75, 3.05) is 33.2 Å². The Morgan fingerprint density at radius 1 is 0.974 bits per heavy atom. The van der Waals surface area contributed by atoms with E-state index in [1.165, 1.54) is 21.3 Å². The van der Waals surface area contributed by atoms with Gasteiger partial charge in [0.05, 0.1) is 21.3 Å². The van der Waals surface area contributed by atoms with Gasteiger partial charge in [0, 0.05) is 23.7 Å². The van der Waals surface area contributed by atoms with Gasteiger partial charge in [0.1, 0.15) is 29.7 Å². The zero-order valence-electron chi connectivity index (χ0n) is 21.6. The van der Waals surface area contributed by atoms with Crippen LogP contribution in [0.1, 0.15) is 15.9 Å². The van der Waals surface area contributed by atoms with E-state index in [-0.39, 0.29) is 18.5 Å². The molecular formula is C28H28N4O7. The van der Waals surface area contributed by atoms with E-state index in [0.717, 1.165) is 5.56 Å². The highest BCUT2D eigenvalue weighted by molar-refractivity contribution is 5.97. The summed E-state index contributed by atoms with van der Waals surface area (Å²) in [5.41, 5.74) is 2.57. The van der Waals surface area contributed by atoms with Gasteiger partial charge >= 0.3 is 11.9 Å². The molecule has 2 heterocycles. The van der Waals surface area contributed by atoms with Crippen LogP contribution in [0.5, 0.6) is 11.5 Å². The number of methoxy groups -OCH3 is 3. The summed E-state index contributed by atoms with van der Waals surface area (Å²) >= 11 is 0. The van der Waals surface area contributed by atoms with Crippen molar-refractivity contribution in [3.8, 4) is 22.8 Å². The van der Waals surface area contributed by atoms with Crippen molar-refractivity contribution in [3.05, 3.63) is 78.0 Å². The number of nitrogens with one attached hydrogen (secondary N) is 2. The predicted molar refractivity (Wildman–Crippen MR) is 143 cm³/mol. The molecule has 0 saturated carbocycles. The molecule has 202 valence electrons. The van der Waals surface area contributed by atoms with Crippen LogP contribution in [-0.4, -0.2) is 66.3 Å². The summed E-state index contributed by atoms with van der Waals surface area (Å²) in [4.78, 5) is 41.4. The Morgan fingerprint density at radius 2 is 1.72 bits per heavy atom. The molecule has 0 saturated heterocycles. The molecule has 0 fully saturated rings. The van der Waals surface area contributed by atoms with Crippen LogP contribution in [0.4, 0.5) is 5.82 Å². The lowest BCUT2D eigenvalue weighted by molar-refractivity contribution is -0.139. The van der Waals surface area contributed by atoms with Gasteiger partial charge in [-0.1, -0.05) is 30.3 Å². The standard InChI is InChI=1S/C28H28N4O7/c1-37-21-10-9-18(14-22(21)38-2)25-26(29-16-24(33)39-3)32-12-11-19(15-23(32)31-25)27(34)30-20(28(35)36)13-17-7-5-4-6-8-17/h4-12,14-15,20,29H,13,16H2,1-3H3,(H,30,34)(H,35,36). The van der Waals surface area contributed by atoms with Gasteiger partial charge in [-0.2, -0.15) is 0 Å². The molecule has 0 spiro atoms. The number of anilines is 1. The first-order chi connectivity index (χ1) is 18.8.